The van der Waals surface area contributed by atoms with Gasteiger partial charge in [-0.1, -0.05) is 0 Å². The van der Waals surface area contributed by atoms with Crippen molar-refractivity contribution in [2.24, 2.45) is 33.7 Å². The molecule has 2 rings (SSSR count). The van der Waals surface area contributed by atoms with Crippen LogP contribution in [0.5, 0.6) is 0 Å². The van der Waals surface area contributed by atoms with Crippen LogP contribution in [0, 0.1) is 0 Å². The fraction of sp³-hybridized carbons (Fsp3) is 0.583. The molecule has 0 aliphatic carbocycles. The van der Waals surface area contributed by atoms with Crippen molar-refractivity contribution < 1.29 is 38.7 Å². The minimum absolute atomic E-state index is 0.0144. The van der Waals surface area contributed by atoms with E-state index in [0.717, 1.165) is 6.20 Å². The lowest BCUT2D eigenvalue weighted by Gasteiger charge is -2.31. The van der Waals surface area contributed by atoms with Crippen molar-refractivity contribution >= 4 is 47.4 Å². The highest BCUT2D eigenvalue weighted by Gasteiger charge is 2.35. The van der Waals surface area contributed by atoms with Crippen LogP contribution in [0.4, 0.5) is 4.79 Å². The molecule has 2 aliphatic rings. The lowest BCUT2D eigenvalue weighted by molar-refractivity contribution is -0.134. The van der Waals surface area contributed by atoms with Gasteiger partial charge in [-0.25, -0.2) is 4.79 Å². The van der Waals surface area contributed by atoms with Crippen LogP contribution < -0.4 is 71.2 Å². The molecule has 0 radical (unpaired) electrons. The van der Waals surface area contributed by atoms with Crippen LogP contribution in [-0.4, -0.2) is 122 Å². The van der Waals surface area contributed by atoms with Crippen molar-refractivity contribution in [1.29, 1.82) is 0 Å². The molecule has 2 aliphatic heterocycles. The average Bonchev–Trinajstić information content (AvgIpc) is 3.02. The fourth-order valence-corrected chi connectivity index (χ4v) is 4.14. The lowest BCUT2D eigenvalue weighted by atomic mass is 10.0. The summed E-state index contributed by atoms with van der Waals surface area (Å²) in [6.07, 6.45) is 1.61. The summed E-state index contributed by atoms with van der Waals surface area (Å²) >= 11 is 0. The number of carbonyl (C=O) groups is 7. The van der Waals surface area contributed by atoms with Crippen molar-refractivity contribution in [1.82, 2.24) is 42.5 Å². The molecule has 0 spiro atoms. The van der Waals surface area contributed by atoms with E-state index < -0.39 is 103 Å². The van der Waals surface area contributed by atoms with Gasteiger partial charge in [0.2, 0.25) is 29.5 Å². The summed E-state index contributed by atoms with van der Waals surface area (Å²) in [7, 11) is 0. The van der Waals surface area contributed by atoms with E-state index in [-0.39, 0.29) is 31.9 Å². The Bertz CT molecular complexity index is 1230. The quantitative estimate of drug-likeness (QED) is 0.103. The average molecular weight is 655 g/mol. The number of rotatable bonds is 9. The zero-order valence-electron chi connectivity index (χ0n) is 24.8. The molecule has 1 fully saturated rings. The molecule has 46 heavy (non-hydrogen) atoms. The van der Waals surface area contributed by atoms with Crippen molar-refractivity contribution in [3.8, 4) is 0 Å². The maximum Gasteiger partial charge on any atom is 0.316 e. The van der Waals surface area contributed by atoms with Gasteiger partial charge in [0.1, 0.15) is 29.9 Å². The van der Waals surface area contributed by atoms with E-state index in [4.69, 9.17) is 28.7 Å². The summed E-state index contributed by atoms with van der Waals surface area (Å²) in [5, 5.41) is 28.6. The van der Waals surface area contributed by atoms with Crippen LogP contribution >= 0.6 is 0 Å². The molecule has 0 aromatic carbocycles. The summed E-state index contributed by atoms with van der Waals surface area (Å²) in [6, 6.07) is -9.04. The predicted molar refractivity (Wildman–Crippen MR) is 160 cm³/mol. The van der Waals surface area contributed by atoms with E-state index in [1.54, 1.807) is 0 Å². The molecular weight excluding hydrogens is 612 g/mol. The van der Waals surface area contributed by atoms with E-state index >= 15 is 0 Å². The summed E-state index contributed by atoms with van der Waals surface area (Å²) in [6.45, 7) is -1.51. The Kier molecular flexibility index (Phi) is 14.6. The van der Waals surface area contributed by atoms with Crippen molar-refractivity contribution in [2.75, 3.05) is 32.8 Å². The predicted octanol–water partition coefficient (Wildman–Crippen LogP) is -8.62. The van der Waals surface area contributed by atoms with Gasteiger partial charge in [-0.05, 0) is 25.8 Å². The normalized spacial score (nSPS) is 26.6. The van der Waals surface area contributed by atoms with E-state index in [1.165, 1.54) is 0 Å². The third kappa shape index (κ3) is 11.5. The SMILES string of the molecule is NCCC[C@@H](N)C(=O)NC[C@@H]1NC(=O)[C@H](CO)NC(=O)[C@@H](N)CNC(=O)[C@H]([C@H]2CCN=C(N)N2)NC(=O)/C(=C/NC(N)=O)NC1=O. The molecule has 0 saturated carbocycles. The molecule has 6 atom stereocenters. The van der Waals surface area contributed by atoms with Gasteiger partial charge in [-0.15, -0.1) is 0 Å². The second-order valence-corrected chi connectivity index (χ2v) is 10.3. The highest BCUT2D eigenvalue weighted by molar-refractivity contribution is 6.02. The van der Waals surface area contributed by atoms with Crippen LogP contribution in [0.25, 0.3) is 0 Å². The van der Waals surface area contributed by atoms with Gasteiger partial charge in [-0.2, -0.15) is 0 Å². The Morgan fingerprint density at radius 3 is 2.35 bits per heavy atom. The van der Waals surface area contributed by atoms with Crippen LogP contribution in [0.2, 0.25) is 0 Å². The number of urea groups is 1. The molecule has 0 aromatic rings. The Morgan fingerprint density at radius 2 is 1.72 bits per heavy atom. The smallest absolute Gasteiger partial charge is 0.316 e. The maximum atomic E-state index is 13.4. The summed E-state index contributed by atoms with van der Waals surface area (Å²) in [4.78, 5) is 93.7. The van der Waals surface area contributed by atoms with Crippen LogP contribution in [-0.2, 0) is 28.8 Å². The first-order chi connectivity index (χ1) is 21.8. The zero-order chi connectivity index (χ0) is 34.4. The second-order valence-electron chi connectivity index (χ2n) is 10.3. The lowest BCUT2D eigenvalue weighted by Crippen LogP contribution is -2.64. The summed E-state index contributed by atoms with van der Waals surface area (Å²) < 4.78 is 0. The van der Waals surface area contributed by atoms with Gasteiger partial charge in [0.05, 0.1) is 18.7 Å². The molecule has 2 heterocycles. The van der Waals surface area contributed by atoms with Gasteiger partial charge in [0.15, 0.2) is 5.96 Å². The number of aliphatic imine (C=N–C) groups is 1. The number of hydrogen-bond acceptors (Lipinski definition) is 14. The number of aliphatic hydroxyl groups is 1. The number of hydrogen-bond donors (Lipinski definition) is 14. The van der Waals surface area contributed by atoms with Crippen LogP contribution in [0.15, 0.2) is 16.9 Å². The Morgan fingerprint density at radius 1 is 1.02 bits per heavy atom. The van der Waals surface area contributed by atoms with Crippen LogP contribution in [0.1, 0.15) is 19.3 Å². The maximum absolute atomic E-state index is 13.4. The fourth-order valence-electron chi connectivity index (χ4n) is 4.14. The summed E-state index contributed by atoms with van der Waals surface area (Å²) in [5.41, 5.74) is 27.4. The Hall–Kier alpha value is -5.06. The monoisotopic (exact) mass is 654 g/mol. The third-order valence-electron chi connectivity index (χ3n) is 6.71. The standard InChI is InChI=1S/C24H42N14O8/c25-4-1-2-10(26)17(40)32-7-13-19(42)34-14(8-33-24(29)46)20(43)38-16(12-3-5-30-23(28)37-12)22(45)31-6-11(27)18(41)36-15(9-39)21(44)35-13/h8,10-13,15-16,39H,1-7,9,25-27H2,(H,31,45)(H,32,40)(H,34,42)(H,35,44)(H,36,41)(H,38,43)(H3,28,30,37)(H3,29,33,46)/b14-8-/t10-,11+,12-,13+,15+,16+/m1/s1. The van der Waals surface area contributed by atoms with E-state index in [9.17, 15) is 38.7 Å². The third-order valence-corrected chi connectivity index (χ3v) is 6.71. The van der Waals surface area contributed by atoms with Gasteiger partial charge >= 0.3 is 6.03 Å². The van der Waals surface area contributed by atoms with E-state index in [1.807, 2.05) is 5.32 Å². The van der Waals surface area contributed by atoms with Crippen molar-refractivity contribution in [3.63, 3.8) is 0 Å². The molecule has 19 N–H and O–H groups in total. The van der Waals surface area contributed by atoms with E-state index in [0.29, 0.717) is 6.42 Å². The number of nitrogens with zero attached hydrogens (tertiary/aromatic N) is 1. The molecular formula is C24H42N14O8. The minimum atomic E-state index is -1.65. The minimum Gasteiger partial charge on any atom is -0.394 e. The first-order valence-corrected chi connectivity index (χ1v) is 14.2. The van der Waals surface area contributed by atoms with Gasteiger partial charge in [0.25, 0.3) is 5.91 Å². The van der Waals surface area contributed by atoms with Gasteiger partial charge < -0.3 is 76.3 Å². The first-order valence-electron chi connectivity index (χ1n) is 14.2. The van der Waals surface area contributed by atoms with E-state index in [2.05, 4.69) is 42.2 Å². The molecule has 0 bridgehead atoms. The highest BCUT2D eigenvalue weighted by Crippen LogP contribution is 2.07. The summed E-state index contributed by atoms with van der Waals surface area (Å²) in [5.74, 6) is -5.78. The number of nitrogens with two attached hydrogens (primary N) is 5. The van der Waals surface area contributed by atoms with Crippen LogP contribution in [0.3, 0.4) is 0 Å². The number of nitrogens with one attached hydrogen (secondary N) is 8. The molecule has 0 unspecified atom stereocenters. The molecule has 1 saturated heterocycles. The van der Waals surface area contributed by atoms with Gasteiger partial charge in [-0.3, -0.25) is 33.8 Å². The van der Waals surface area contributed by atoms with Crippen molar-refractivity contribution in [3.05, 3.63) is 11.9 Å². The molecule has 22 heteroatoms. The Labute approximate surface area is 262 Å². The van der Waals surface area contributed by atoms with Crippen molar-refractivity contribution in [2.45, 2.75) is 55.5 Å². The molecule has 0 aromatic heterocycles. The first kappa shape index (κ1) is 37.1. The second kappa shape index (κ2) is 18.0. The number of primary amides is 1. The Balaban J connectivity index is 2.49. The molecule has 256 valence electrons. The topological polar surface area (TPSA) is 378 Å². The molecule has 8 amide bonds. The highest BCUT2D eigenvalue weighted by atomic mass is 16.3. The number of carbonyl (C=O) groups excluding carboxylic acids is 7. The number of guanidine groups is 1. The zero-order valence-corrected chi connectivity index (χ0v) is 24.8. The number of aliphatic hydroxyl groups excluding tert-OH is 1. The molecule has 22 nitrogen and oxygen atoms in total. The van der Waals surface area contributed by atoms with Gasteiger partial charge in [0, 0.05) is 25.8 Å². The number of amides is 8. The largest absolute Gasteiger partial charge is 0.394 e.